The first-order valence-corrected chi connectivity index (χ1v) is 6.91. The highest BCUT2D eigenvalue weighted by Gasteiger charge is 2.21. The number of carbonyl (C=O) groups is 1. The highest BCUT2D eigenvalue weighted by Crippen LogP contribution is 2.28. The van der Waals surface area contributed by atoms with Gasteiger partial charge < -0.3 is 5.32 Å². The Balaban J connectivity index is 2.34. The molecule has 0 radical (unpaired) electrons. The standard InChI is InChI=1S/C15H22N4O/c1-10(2)12-13(17-11(20)9-15(3,4)5)18-19-8-6-7-16-14(12)19/h6-8,10H,9H2,1-5H3,(H,17,18,20). The van der Waals surface area contributed by atoms with Gasteiger partial charge in [0.15, 0.2) is 11.5 Å². The van der Waals surface area contributed by atoms with Gasteiger partial charge in [-0.25, -0.2) is 9.50 Å². The second-order valence-electron chi connectivity index (χ2n) is 6.59. The zero-order chi connectivity index (χ0) is 14.9. The van der Waals surface area contributed by atoms with E-state index in [0.717, 1.165) is 11.2 Å². The average Bonchev–Trinajstić information content (AvgIpc) is 2.63. The first-order valence-electron chi connectivity index (χ1n) is 6.91. The Hall–Kier alpha value is -1.91. The van der Waals surface area contributed by atoms with Gasteiger partial charge >= 0.3 is 0 Å². The Kier molecular flexibility index (Phi) is 3.79. The number of amides is 1. The summed E-state index contributed by atoms with van der Waals surface area (Å²) in [6.07, 6.45) is 4.04. The van der Waals surface area contributed by atoms with Crippen molar-refractivity contribution >= 4 is 17.4 Å². The van der Waals surface area contributed by atoms with Crippen molar-refractivity contribution in [3.8, 4) is 0 Å². The molecule has 0 unspecified atom stereocenters. The van der Waals surface area contributed by atoms with Gasteiger partial charge in [0.1, 0.15) is 0 Å². The number of carbonyl (C=O) groups excluding carboxylic acids is 1. The fourth-order valence-corrected chi connectivity index (χ4v) is 2.19. The SMILES string of the molecule is CC(C)c1c(NC(=O)CC(C)(C)C)nn2cccnc12. The van der Waals surface area contributed by atoms with Gasteiger partial charge in [-0.1, -0.05) is 34.6 Å². The molecule has 2 rings (SSSR count). The molecule has 20 heavy (non-hydrogen) atoms. The lowest BCUT2D eigenvalue weighted by atomic mass is 9.92. The Morgan fingerprint density at radius 1 is 1.40 bits per heavy atom. The van der Waals surface area contributed by atoms with Gasteiger partial charge in [-0.3, -0.25) is 4.79 Å². The fraction of sp³-hybridized carbons (Fsp3) is 0.533. The normalized spacial score (nSPS) is 12.1. The van der Waals surface area contributed by atoms with E-state index in [1.54, 1.807) is 10.7 Å². The van der Waals surface area contributed by atoms with Gasteiger partial charge in [-0.2, -0.15) is 0 Å². The van der Waals surface area contributed by atoms with Gasteiger partial charge in [0.2, 0.25) is 5.91 Å². The monoisotopic (exact) mass is 274 g/mol. The highest BCUT2D eigenvalue weighted by molar-refractivity contribution is 5.92. The van der Waals surface area contributed by atoms with Crippen molar-refractivity contribution in [2.75, 3.05) is 5.32 Å². The third-order valence-electron chi connectivity index (χ3n) is 2.96. The van der Waals surface area contributed by atoms with Crippen LogP contribution in [0.2, 0.25) is 0 Å². The maximum Gasteiger partial charge on any atom is 0.226 e. The Morgan fingerprint density at radius 2 is 2.10 bits per heavy atom. The molecule has 1 amide bonds. The van der Waals surface area contributed by atoms with Crippen LogP contribution in [0.4, 0.5) is 5.82 Å². The van der Waals surface area contributed by atoms with E-state index in [9.17, 15) is 4.79 Å². The van der Waals surface area contributed by atoms with Crippen LogP contribution in [0.15, 0.2) is 18.5 Å². The number of hydrogen-bond acceptors (Lipinski definition) is 3. The molecule has 2 aromatic rings. The number of aromatic nitrogens is 3. The Morgan fingerprint density at radius 3 is 2.70 bits per heavy atom. The van der Waals surface area contributed by atoms with Crippen molar-refractivity contribution in [1.82, 2.24) is 14.6 Å². The third-order valence-corrected chi connectivity index (χ3v) is 2.96. The van der Waals surface area contributed by atoms with Crippen molar-refractivity contribution in [3.63, 3.8) is 0 Å². The molecule has 0 aromatic carbocycles. The number of rotatable bonds is 3. The molecule has 0 saturated carbocycles. The Labute approximate surface area is 119 Å². The number of nitrogens with one attached hydrogen (secondary N) is 1. The minimum Gasteiger partial charge on any atom is -0.309 e. The van der Waals surface area contributed by atoms with E-state index in [-0.39, 0.29) is 17.2 Å². The van der Waals surface area contributed by atoms with E-state index in [1.165, 1.54) is 0 Å². The topological polar surface area (TPSA) is 59.3 Å². The predicted molar refractivity (Wildman–Crippen MR) is 79.8 cm³/mol. The summed E-state index contributed by atoms with van der Waals surface area (Å²) in [5.74, 6) is 0.850. The minimum absolute atomic E-state index is 0.0113. The number of hydrogen-bond donors (Lipinski definition) is 1. The third kappa shape index (κ3) is 3.15. The summed E-state index contributed by atoms with van der Waals surface area (Å²) in [5.41, 5.74) is 1.74. The zero-order valence-electron chi connectivity index (χ0n) is 12.8. The van der Waals surface area contributed by atoms with Gasteiger partial charge in [0.05, 0.1) is 0 Å². The van der Waals surface area contributed by atoms with Crippen molar-refractivity contribution in [1.29, 1.82) is 0 Å². The molecule has 0 aliphatic rings. The molecule has 0 aliphatic carbocycles. The molecule has 5 nitrogen and oxygen atoms in total. The van der Waals surface area contributed by atoms with Crippen LogP contribution in [-0.4, -0.2) is 20.5 Å². The lowest BCUT2D eigenvalue weighted by Gasteiger charge is -2.17. The number of fused-ring (bicyclic) bond motifs is 1. The summed E-state index contributed by atoms with van der Waals surface area (Å²) in [7, 11) is 0. The molecule has 2 heterocycles. The predicted octanol–water partition coefficient (Wildman–Crippen LogP) is 3.23. The van der Waals surface area contributed by atoms with E-state index in [0.29, 0.717) is 12.2 Å². The molecular formula is C15H22N4O. The molecule has 0 fully saturated rings. The van der Waals surface area contributed by atoms with E-state index in [1.807, 2.05) is 33.0 Å². The first-order chi connectivity index (χ1) is 9.28. The quantitative estimate of drug-likeness (QED) is 0.934. The Bertz CT molecular complexity index is 622. The summed E-state index contributed by atoms with van der Waals surface area (Å²) < 4.78 is 1.71. The van der Waals surface area contributed by atoms with E-state index < -0.39 is 0 Å². The van der Waals surface area contributed by atoms with Crippen molar-refractivity contribution < 1.29 is 4.79 Å². The molecule has 5 heteroatoms. The average molecular weight is 274 g/mol. The molecule has 0 saturated heterocycles. The van der Waals surface area contributed by atoms with Gasteiger partial charge in [-0.15, -0.1) is 5.10 Å². The van der Waals surface area contributed by atoms with E-state index in [2.05, 4.69) is 29.2 Å². The largest absolute Gasteiger partial charge is 0.309 e. The van der Waals surface area contributed by atoms with Crippen LogP contribution < -0.4 is 5.32 Å². The summed E-state index contributed by atoms with van der Waals surface area (Å²) in [4.78, 5) is 16.5. The van der Waals surface area contributed by atoms with Crippen LogP contribution in [0.25, 0.3) is 5.65 Å². The smallest absolute Gasteiger partial charge is 0.226 e. The first kappa shape index (κ1) is 14.5. The number of nitrogens with zero attached hydrogens (tertiary/aromatic N) is 3. The highest BCUT2D eigenvalue weighted by atomic mass is 16.1. The molecule has 1 N–H and O–H groups in total. The van der Waals surface area contributed by atoms with Crippen LogP contribution >= 0.6 is 0 Å². The summed E-state index contributed by atoms with van der Waals surface area (Å²) in [6.45, 7) is 10.3. The van der Waals surface area contributed by atoms with E-state index in [4.69, 9.17) is 0 Å². The zero-order valence-corrected chi connectivity index (χ0v) is 12.8. The molecule has 108 valence electrons. The van der Waals surface area contributed by atoms with E-state index >= 15 is 0 Å². The lowest BCUT2D eigenvalue weighted by Crippen LogP contribution is -2.20. The van der Waals surface area contributed by atoms with Crippen LogP contribution in [0.1, 0.15) is 52.5 Å². The summed E-state index contributed by atoms with van der Waals surface area (Å²) in [6, 6.07) is 1.82. The van der Waals surface area contributed by atoms with Crippen LogP contribution in [0.5, 0.6) is 0 Å². The van der Waals surface area contributed by atoms with Crippen molar-refractivity contribution in [3.05, 3.63) is 24.0 Å². The van der Waals surface area contributed by atoms with Crippen LogP contribution in [0.3, 0.4) is 0 Å². The van der Waals surface area contributed by atoms with Crippen LogP contribution in [-0.2, 0) is 4.79 Å². The molecule has 0 atom stereocenters. The van der Waals surface area contributed by atoms with Crippen LogP contribution in [0, 0.1) is 5.41 Å². The maximum atomic E-state index is 12.1. The minimum atomic E-state index is -0.0422. The number of anilines is 1. The van der Waals surface area contributed by atoms with Crippen molar-refractivity contribution in [2.45, 2.75) is 47.0 Å². The maximum absolute atomic E-state index is 12.1. The molecular weight excluding hydrogens is 252 g/mol. The molecule has 0 aliphatic heterocycles. The second kappa shape index (κ2) is 5.23. The van der Waals surface area contributed by atoms with Gasteiger partial charge in [-0.05, 0) is 17.4 Å². The van der Waals surface area contributed by atoms with Gasteiger partial charge in [0, 0.05) is 24.4 Å². The molecule has 0 bridgehead atoms. The molecule has 2 aromatic heterocycles. The lowest BCUT2D eigenvalue weighted by molar-refractivity contribution is -0.117. The molecule has 0 spiro atoms. The fourth-order valence-electron chi connectivity index (χ4n) is 2.19. The summed E-state index contributed by atoms with van der Waals surface area (Å²) in [5, 5.41) is 7.35. The van der Waals surface area contributed by atoms with Gasteiger partial charge in [0.25, 0.3) is 0 Å². The second-order valence-corrected chi connectivity index (χ2v) is 6.59. The van der Waals surface area contributed by atoms with Crippen molar-refractivity contribution in [2.24, 2.45) is 5.41 Å². The summed E-state index contributed by atoms with van der Waals surface area (Å²) >= 11 is 0.